The Kier molecular flexibility index (Phi) is 2.02. The SMILES string of the molecule is O=[N+]([O-])c1ccc2c(c1)C1SC=Cn3cnc(c31)O2. The highest BCUT2D eigenvalue weighted by Gasteiger charge is 2.34. The molecule has 6 nitrogen and oxygen atoms in total. The van der Waals surface area contributed by atoms with Crippen molar-refractivity contribution < 1.29 is 9.66 Å². The van der Waals surface area contributed by atoms with Crippen LogP contribution in [0.2, 0.25) is 0 Å². The summed E-state index contributed by atoms with van der Waals surface area (Å²) in [7, 11) is 0. The van der Waals surface area contributed by atoms with Crippen molar-refractivity contribution in [1.82, 2.24) is 9.55 Å². The summed E-state index contributed by atoms with van der Waals surface area (Å²) in [4.78, 5) is 14.7. The molecule has 0 fully saturated rings. The van der Waals surface area contributed by atoms with Gasteiger partial charge in [0, 0.05) is 23.9 Å². The van der Waals surface area contributed by atoms with Gasteiger partial charge in [-0.15, -0.1) is 11.8 Å². The lowest BCUT2D eigenvalue weighted by molar-refractivity contribution is -0.384. The van der Waals surface area contributed by atoms with Crippen LogP contribution in [0.5, 0.6) is 11.6 Å². The summed E-state index contributed by atoms with van der Waals surface area (Å²) >= 11 is 1.60. The maximum absolute atomic E-state index is 10.9. The Morgan fingerprint density at radius 2 is 2.37 bits per heavy atom. The van der Waals surface area contributed by atoms with Crippen molar-refractivity contribution in [3.8, 4) is 11.6 Å². The van der Waals surface area contributed by atoms with Crippen molar-refractivity contribution >= 4 is 23.6 Å². The normalized spacial score (nSPS) is 18.4. The van der Waals surface area contributed by atoms with Gasteiger partial charge in [0.25, 0.3) is 5.69 Å². The lowest BCUT2D eigenvalue weighted by Crippen LogP contribution is -2.12. The van der Waals surface area contributed by atoms with Crippen LogP contribution in [0.1, 0.15) is 16.5 Å². The van der Waals surface area contributed by atoms with Crippen LogP contribution in [0.15, 0.2) is 29.9 Å². The van der Waals surface area contributed by atoms with E-state index in [1.807, 2.05) is 16.2 Å². The number of aromatic nitrogens is 2. The van der Waals surface area contributed by atoms with E-state index in [0.717, 1.165) is 11.3 Å². The minimum absolute atomic E-state index is 0.00819. The maximum atomic E-state index is 10.9. The third-order valence-electron chi connectivity index (χ3n) is 3.17. The summed E-state index contributed by atoms with van der Waals surface area (Å²) in [6.45, 7) is 0. The topological polar surface area (TPSA) is 70.2 Å². The van der Waals surface area contributed by atoms with Crippen LogP contribution in [-0.4, -0.2) is 14.5 Å². The molecule has 1 aromatic carbocycles. The van der Waals surface area contributed by atoms with Gasteiger partial charge < -0.3 is 9.30 Å². The molecule has 2 aliphatic rings. The first-order chi connectivity index (χ1) is 9.24. The summed E-state index contributed by atoms with van der Waals surface area (Å²) in [5.74, 6) is 1.21. The van der Waals surface area contributed by atoms with Crippen LogP contribution >= 0.6 is 11.8 Å². The summed E-state index contributed by atoms with van der Waals surface area (Å²) in [6, 6.07) is 4.66. The number of nitrogens with zero attached hydrogens (tertiary/aromatic N) is 3. The minimum Gasteiger partial charge on any atom is -0.437 e. The van der Waals surface area contributed by atoms with Gasteiger partial charge in [0.1, 0.15) is 17.8 Å². The zero-order chi connectivity index (χ0) is 13.0. The van der Waals surface area contributed by atoms with Crippen molar-refractivity contribution in [1.29, 1.82) is 0 Å². The highest BCUT2D eigenvalue weighted by Crippen LogP contribution is 2.51. The van der Waals surface area contributed by atoms with Gasteiger partial charge in [0.2, 0.25) is 5.88 Å². The molecule has 2 aliphatic heterocycles. The zero-order valence-corrected chi connectivity index (χ0v) is 10.3. The van der Waals surface area contributed by atoms with Crippen LogP contribution in [0.3, 0.4) is 0 Å². The predicted octanol–water partition coefficient (Wildman–Crippen LogP) is 3.16. The summed E-state index contributed by atoms with van der Waals surface area (Å²) in [5, 5.41) is 12.8. The fourth-order valence-electron chi connectivity index (χ4n) is 2.31. The number of nitro benzene ring substituents is 1. The Morgan fingerprint density at radius 3 is 3.21 bits per heavy atom. The van der Waals surface area contributed by atoms with Crippen molar-refractivity contribution in [2.75, 3.05) is 0 Å². The molecule has 19 heavy (non-hydrogen) atoms. The first-order valence-corrected chi connectivity index (χ1v) is 6.53. The number of imidazole rings is 1. The monoisotopic (exact) mass is 273 g/mol. The van der Waals surface area contributed by atoms with Crippen LogP contribution < -0.4 is 4.74 Å². The van der Waals surface area contributed by atoms with Gasteiger partial charge in [0.05, 0.1) is 10.2 Å². The van der Waals surface area contributed by atoms with Gasteiger partial charge in [-0.25, -0.2) is 4.98 Å². The van der Waals surface area contributed by atoms with Crippen molar-refractivity contribution in [3.05, 3.63) is 51.3 Å². The van der Waals surface area contributed by atoms with E-state index in [1.54, 1.807) is 30.2 Å². The summed E-state index contributed by atoms with van der Waals surface area (Å²) in [6.07, 6.45) is 3.59. The maximum Gasteiger partial charge on any atom is 0.270 e. The second-order valence-corrected chi connectivity index (χ2v) is 5.24. The van der Waals surface area contributed by atoms with E-state index in [-0.39, 0.29) is 10.9 Å². The number of rotatable bonds is 1. The largest absolute Gasteiger partial charge is 0.437 e. The van der Waals surface area contributed by atoms with Gasteiger partial charge in [-0.3, -0.25) is 10.1 Å². The van der Waals surface area contributed by atoms with Crippen LogP contribution in [0.25, 0.3) is 6.20 Å². The third-order valence-corrected chi connectivity index (χ3v) is 4.20. The molecule has 1 aromatic heterocycles. The van der Waals surface area contributed by atoms with Gasteiger partial charge in [-0.1, -0.05) is 0 Å². The Morgan fingerprint density at radius 1 is 1.47 bits per heavy atom. The fourth-order valence-corrected chi connectivity index (χ4v) is 3.35. The first-order valence-electron chi connectivity index (χ1n) is 5.59. The number of hydrogen-bond acceptors (Lipinski definition) is 5. The molecular formula is C12H7N3O3S. The Balaban J connectivity index is 1.93. The molecule has 0 amide bonds. The molecule has 2 aromatic rings. The molecule has 0 spiro atoms. The number of benzene rings is 1. The molecule has 0 radical (unpaired) electrons. The molecule has 0 N–H and O–H groups in total. The van der Waals surface area contributed by atoms with E-state index in [1.165, 1.54) is 6.07 Å². The van der Waals surface area contributed by atoms with Gasteiger partial charge in [-0.05, 0) is 11.5 Å². The second kappa shape index (κ2) is 3.61. The lowest BCUT2D eigenvalue weighted by atomic mass is 10.0. The molecule has 3 heterocycles. The van der Waals surface area contributed by atoms with E-state index in [9.17, 15) is 10.1 Å². The molecule has 0 bridgehead atoms. The molecule has 0 saturated heterocycles. The van der Waals surface area contributed by atoms with Crippen LogP contribution in [0.4, 0.5) is 5.69 Å². The van der Waals surface area contributed by atoms with E-state index >= 15 is 0 Å². The number of fused-ring (bicyclic) bond motifs is 2. The molecule has 0 saturated carbocycles. The smallest absolute Gasteiger partial charge is 0.270 e. The quantitative estimate of drug-likeness (QED) is 0.589. The number of hydrogen-bond donors (Lipinski definition) is 0. The number of non-ortho nitro benzene ring substituents is 1. The fraction of sp³-hybridized carbons (Fsp3) is 0.0833. The second-order valence-electron chi connectivity index (χ2n) is 4.22. The van der Waals surface area contributed by atoms with E-state index < -0.39 is 4.92 Å². The Labute approximate surface area is 111 Å². The van der Waals surface area contributed by atoms with E-state index in [4.69, 9.17) is 4.74 Å². The summed E-state index contributed by atoms with van der Waals surface area (Å²) < 4.78 is 7.58. The Hall–Kier alpha value is -2.28. The number of ether oxygens (including phenoxy) is 1. The third kappa shape index (κ3) is 1.42. The molecule has 0 aliphatic carbocycles. The number of nitro groups is 1. The average Bonchev–Trinajstić information content (AvgIpc) is 2.83. The molecule has 4 rings (SSSR count). The van der Waals surface area contributed by atoms with Gasteiger partial charge in [-0.2, -0.15) is 0 Å². The standard InChI is InChI=1S/C12H7N3O3S/c16-15(17)7-1-2-9-8(5-7)11-10-12(18-9)13-6-14(10)3-4-19-11/h1-6,11H. The van der Waals surface area contributed by atoms with Gasteiger partial charge >= 0.3 is 0 Å². The molecule has 7 heteroatoms. The Bertz CT molecular complexity index is 738. The van der Waals surface area contributed by atoms with Crippen LogP contribution in [0, 0.1) is 10.1 Å². The summed E-state index contributed by atoms with van der Waals surface area (Å²) in [5.41, 5.74) is 1.82. The molecule has 94 valence electrons. The average molecular weight is 273 g/mol. The zero-order valence-electron chi connectivity index (χ0n) is 9.52. The number of thioether (sulfide) groups is 1. The van der Waals surface area contributed by atoms with Gasteiger partial charge in [0.15, 0.2) is 0 Å². The highest BCUT2D eigenvalue weighted by molar-refractivity contribution is 8.02. The molecule has 1 unspecified atom stereocenters. The highest BCUT2D eigenvalue weighted by atomic mass is 32.2. The van der Waals surface area contributed by atoms with E-state index in [0.29, 0.717) is 11.6 Å². The molecule has 1 atom stereocenters. The molecular weight excluding hydrogens is 266 g/mol. The van der Waals surface area contributed by atoms with Crippen molar-refractivity contribution in [2.45, 2.75) is 5.25 Å². The predicted molar refractivity (Wildman–Crippen MR) is 70.2 cm³/mol. The van der Waals surface area contributed by atoms with E-state index in [2.05, 4.69) is 4.98 Å². The first kappa shape index (κ1) is 10.6. The minimum atomic E-state index is -0.392. The van der Waals surface area contributed by atoms with Crippen molar-refractivity contribution in [3.63, 3.8) is 0 Å². The lowest BCUT2D eigenvalue weighted by Gasteiger charge is -2.26. The van der Waals surface area contributed by atoms with Crippen molar-refractivity contribution in [2.24, 2.45) is 0 Å². The van der Waals surface area contributed by atoms with Crippen LogP contribution in [-0.2, 0) is 0 Å².